The third kappa shape index (κ3) is 11.3. The molecule has 1 saturated heterocycles. The van der Waals surface area contributed by atoms with Crippen molar-refractivity contribution in [2.45, 2.75) is 12.8 Å². The van der Waals surface area contributed by atoms with Gasteiger partial charge < -0.3 is 14.2 Å². The van der Waals surface area contributed by atoms with Crippen LogP contribution in [0.15, 0.2) is 0 Å². The van der Waals surface area contributed by atoms with Crippen LogP contribution in [0.2, 0.25) is 0 Å². The number of nitriles is 2. The first-order valence-electron chi connectivity index (χ1n) is 8.44. The highest BCUT2D eigenvalue weighted by Crippen LogP contribution is 1.97. The first-order valence-corrected chi connectivity index (χ1v) is 8.44. The molecule has 0 aromatic carbocycles. The SMILES string of the molecule is N#CCCN1CCOCCOCCN(CCC#N)OCCOCC1. The van der Waals surface area contributed by atoms with Gasteiger partial charge in [-0.1, -0.05) is 0 Å². The van der Waals surface area contributed by atoms with Crippen molar-refractivity contribution in [3.63, 3.8) is 0 Å². The molecule has 0 radical (unpaired) electrons. The number of hydrogen-bond acceptors (Lipinski definition) is 8. The average Bonchev–Trinajstić information content (AvgIpc) is 2.59. The smallest absolute Gasteiger partial charge is 0.0918 e. The molecule has 0 N–H and O–H groups in total. The summed E-state index contributed by atoms with van der Waals surface area (Å²) in [6.45, 7) is 7.20. The highest BCUT2D eigenvalue weighted by atomic mass is 16.7. The zero-order valence-electron chi connectivity index (χ0n) is 14.3. The van der Waals surface area contributed by atoms with E-state index in [0.717, 1.165) is 19.6 Å². The molecule has 0 spiro atoms. The van der Waals surface area contributed by atoms with Crippen LogP contribution in [0.4, 0.5) is 0 Å². The Morgan fingerprint density at radius 1 is 0.667 bits per heavy atom. The van der Waals surface area contributed by atoms with Crippen molar-refractivity contribution in [3.8, 4) is 12.1 Å². The van der Waals surface area contributed by atoms with Crippen LogP contribution in [0, 0.1) is 22.7 Å². The van der Waals surface area contributed by atoms with E-state index in [0.29, 0.717) is 72.2 Å². The third-order valence-electron chi connectivity index (χ3n) is 3.48. The van der Waals surface area contributed by atoms with Gasteiger partial charge in [-0.05, 0) is 0 Å². The molecule has 0 bridgehead atoms. The van der Waals surface area contributed by atoms with E-state index in [1.807, 2.05) is 0 Å². The van der Waals surface area contributed by atoms with Crippen LogP contribution in [0.1, 0.15) is 12.8 Å². The Hall–Kier alpha value is -1.26. The van der Waals surface area contributed by atoms with E-state index < -0.39 is 0 Å². The lowest BCUT2D eigenvalue weighted by molar-refractivity contribution is -0.176. The summed E-state index contributed by atoms with van der Waals surface area (Å²) in [6, 6.07) is 4.28. The summed E-state index contributed by atoms with van der Waals surface area (Å²) < 4.78 is 16.7. The zero-order chi connectivity index (χ0) is 17.3. The maximum Gasteiger partial charge on any atom is 0.0918 e. The van der Waals surface area contributed by atoms with Gasteiger partial charge in [-0.25, -0.2) is 0 Å². The molecule has 0 amide bonds. The van der Waals surface area contributed by atoms with E-state index in [-0.39, 0.29) is 0 Å². The van der Waals surface area contributed by atoms with Crippen molar-refractivity contribution in [2.75, 3.05) is 79.0 Å². The highest BCUT2D eigenvalue weighted by molar-refractivity contribution is 4.72. The maximum absolute atomic E-state index is 8.72. The Kier molecular flexibility index (Phi) is 13.2. The molecule has 1 aliphatic rings. The van der Waals surface area contributed by atoms with Gasteiger partial charge >= 0.3 is 0 Å². The average molecular weight is 340 g/mol. The number of ether oxygens (including phenoxy) is 3. The lowest BCUT2D eigenvalue weighted by Crippen LogP contribution is -2.34. The van der Waals surface area contributed by atoms with Crippen molar-refractivity contribution >= 4 is 0 Å². The molecule has 136 valence electrons. The minimum Gasteiger partial charge on any atom is -0.378 e. The Bertz CT molecular complexity index is 347. The van der Waals surface area contributed by atoms with Gasteiger partial charge in [0.2, 0.25) is 0 Å². The van der Waals surface area contributed by atoms with E-state index in [2.05, 4.69) is 17.0 Å². The molecule has 8 heteroatoms. The van der Waals surface area contributed by atoms with Crippen molar-refractivity contribution in [3.05, 3.63) is 0 Å². The Morgan fingerprint density at radius 3 is 1.83 bits per heavy atom. The zero-order valence-corrected chi connectivity index (χ0v) is 14.3. The first kappa shape index (κ1) is 20.8. The van der Waals surface area contributed by atoms with Crippen LogP contribution in [0.3, 0.4) is 0 Å². The van der Waals surface area contributed by atoms with E-state index >= 15 is 0 Å². The Morgan fingerprint density at radius 2 is 1.21 bits per heavy atom. The minimum absolute atomic E-state index is 0.415. The second kappa shape index (κ2) is 15.3. The summed E-state index contributed by atoms with van der Waals surface area (Å²) in [6.07, 6.45) is 0.915. The van der Waals surface area contributed by atoms with Crippen molar-refractivity contribution in [1.82, 2.24) is 9.96 Å². The van der Waals surface area contributed by atoms with Gasteiger partial charge in [-0.2, -0.15) is 15.6 Å². The summed E-state index contributed by atoms with van der Waals surface area (Å²) >= 11 is 0. The summed E-state index contributed by atoms with van der Waals surface area (Å²) in [7, 11) is 0. The number of hydrogen-bond donors (Lipinski definition) is 0. The van der Waals surface area contributed by atoms with E-state index in [9.17, 15) is 0 Å². The number of rotatable bonds is 4. The van der Waals surface area contributed by atoms with E-state index in [1.54, 1.807) is 5.06 Å². The van der Waals surface area contributed by atoms with Gasteiger partial charge in [-0.3, -0.25) is 9.74 Å². The molecule has 0 saturated carbocycles. The largest absolute Gasteiger partial charge is 0.378 e. The summed E-state index contributed by atoms with van der Waals surface area (Å²) in [4.78, 5) is 7.79. The number of hydroxylamine groups is 2. The molecule has 8 nitrogen and oxygen atoms in total. The molecule has 0 aromatic heterocycles. The summed E-state index contributed by atoms with van der Waals surface area (Å²) in [5.74, 6) is 0. The normalized spacial score (nSPS) is 20.9. The molecule has 0 atom stereocenters. The van der Waals surface area contributed by atoms with Crippen LogP contribution in [-0.2, 0) is 19.0 Å². The Labute approximate surface area is 144 Å². The van der Waals surface area contributed by atoms with Gasteiger partial charge in [0.05, 0.1) is 64.8 Å². The molecular formula is C16H28N4O4. The second-order valence-corrected chi connectivity index (χ2v) is 5.26. The predicted molar refractivity (Wildman–Crippen MR) is 86.9 cm³/mol. The van der Waals surface area contributed by atoms with Crippen LogP contribution in [0.5, 0.6) is 0 Å². The highest BCUT2D eigenvalue weighted by Gasteiger charge is 2.08. The minimum atomic E-state index is 0.415. The summed E-state index contributed by atoms with van der Waals surface area (Å²) in [5.41, 5.74) is 0. The first-order chi connectivity index (χ1) is 11.9. The molecule has 24 heavy (non-hydrogen) atoms. The molecule has 0 aliphatic carbocycles. The van der Waals surface area contributed by atoms with Crippen molar-refractivity contribution in [1.29, 1.82) is 10.5 Å². The van der Waals surface area contributed by atoms with E-state index in [1.165, 1.54) is 0 Å². The predicted octanol–water partition coefficient (Wildman–Crippen LogP) is 0.413. The summed E-state index contributed by atoms with van der Waals surface area (Å²) in [5, 5.41) is 19.2. The van der Waals surface area contributed by atoms with Crippen molar-refractivity contribution < 1.29 is 19.0 Å². The lowest BCUT2D eigenvalue weighted by Gasteiger charge is -2.23. The monoisotopic (exact) mass is 340 g/mol. The fourth-order valence-corrected chi connectivity index (χ4v) is 2.16. The topological polar surface area (TPSA) is 91.0 Å². The Balaban J connectivity index is 2.35. The van der Waals surface area contributed by atoms with Crippen molar-refractivity contribution in [2.24, 2.45) is 0 Å². The van der Waals surface area contributed by atoms with Crippen LogP contribution in [0.25, 0.3) is 0 Å². The molecule has 1 fully saturated rings. The molecule has 1 aliphatic heterocycles. The second-order valence-electron chi connectivity index (χ2n) is 5.26. The van der Waals surface area contributed by atoms with Crippen LogP contribution < -0.4 is 0 Å². The maximum atomic E-state index is 8.72. The van der Waals surface area contributed by atoms with Gasteiger partial charge in [-0.15, -0.1) is 0 Å². The molecular weight excluding hydrogens is 312 g/mol. The fourth-order valence-electron chi connectivity index (χ4n) is 2.16. The molecule has 1 rings (SSSR count). The van der Waals surface area contributed by atoms with E-state index in [4.69, 9.17) is 29.6 Å². The molecule has 0 unspecified atom stereocenters. The lowest BCUT2D eigenvalue weighted by atomic mass is 10.4. The van der Waals surface area contributed by atoms with Crippen LogP contribution >= 0.6 is 0 Å². The third-order valence-corrected chi connectivity index (χ3v) is 3.48. The van der Waals surface area contributed by atoms with Gasteiger partial charge in [0, 0.05) is 39.1 Å². The standard InChI is InChI=1S/C16H28N4O4/c17-3-1-5-19-7-10-21-13-14-23-12-9-20(6-2-4-18)24-16-15-22-11-8-19/h1-2,5-16H2. The molecule has 1 heterocycles. The quantitative estimate of drug-likeness (QED) is 0.727. The van der Waals surface area contributed by atoms with Gasteiger partial charge in [0.1, 0.15) is 0 Å². The molecule has 0 aromatic rings. The van der Waals surface area contributed by atoms with Gasteiger partial charge in [0.15, 0.2) is 0 Å². The fraction of sp³-hybridized carbons (Fsp3) is 0.875. The van der Waals surface area contributed by atoms with Gasteiger partial charge in [0.25, 0.3) is 0 Å². The van der Waals surface area contributed by atoms with Crippen LogP contribution in [-0.4, -0.2) is 88.9 Å². The number of nitrogens with zero attached hydrogens (tertiary/aromatic N) is 4.